The molecule has 6 heteroatoms. The zero-order valence-corrected chi connectivity index (χ0v) is 9.78. The van der Waals surface area contributed by atoms with Gasteiger partial charge in [0.1, 0.15) is 6.33 Å². The van der Waals surface area contributed by atoms with Crippen LogP contribution in [0.2, 0.25) is 0 Å². The molecular formula is C11H10N4OS. The van der Waals surface area contributed by atoms with Gasteiger partial charge in [-0.25, -0.2) is 14.8 Å². The van der Waals surface area contributed by atoms with E-state index in [-0.39, 0.29) is 6.03 Å². The zero-order valence-electron chi connectivity index (χ0n) is 8.96. The van der Waals surface area contributed by atoms with Gasteiger partial charge in [0.05, 0.1) is 23.8 Å². The van der Waals surface area contributed by atoms with Crippen molar-refractivity contribution in [2.24, 2.45) is 0 Å². The summed E-state index contributed by atoms with van der Waals surface area (Å²) in [5, 5.41) is 5.64. The number of fused-ring (bicyclic) bond motifs is 1. The first kappa shape index (κ1) is 10.2. The lowest BCUT2D eigenvalue weighted by molar-refractivity contribution is 0.212. The molecule has 1 aliphatic heterocycles. The Kier molecular flexibility index (Phi) is 2.49. The number of aromatic nitrogens is 2. The standard InChI is InChI=1S/C11H10N4OS/c16-11(14-10-2-1-3-17-10)15-5-8-4-12-7-13-9(8)6-15/h1-4,7H,5-6H2,(H,14,16). The second kappa shape index (κ2) is 4.14. The molecule has 1 aliphatic rings. The third kappa shape index (κ3) is 1.99. The molecule has 1 N–H and O–H groups in total. The summed E-state index contributed by atoms with van der Waals surface area (Å²) in [6, 6.07) is 3.70. The van der Waals surface area contributed by atoms with Gasteiger partial charge < -0.3 is 4.90 Å². The molecule has 0 atom stereocenters. The van der Waals surface area contributed by atoms with Gasteiger partial charge in [-0.05, 0) is 17.5 Å². The predicted octanol–water partition coefficient (Wildman–Crippen LogP) is 2.09. The molecule has 3 heterocycles. The van der Waals surface area contributed by atoms with Gasteiger partial charge in [-0.2, -0.15) is 0 Å². The summed E-state index contributed by atoms with van der Waals surface area (Å²) in [6.45, 7) is 1.13. The molecule has 0 radical (unpaired) electrons. The van der Waals surface area contributed by atoms with Crippen LogP contribution in [-0.4, -0.2) is 20.9 Å². The van der Waals surface area contributed by atoms with Crippen molar-refractivity contribution in [1.82, 2.24) is 14.9 Å². The van der Waals surface area contributed by atoms with E-state index in [9.17, 15) is 4.79 Å². The number of anilines is 1. The molecule has 2 aromatic rings. The van der Waals surface area contributed by atoms with Crippen LogP contribution in [0.15, 0.2) is 30.0 Å². The zero-order chi connectivity index (χ0) is 11.7. The van der Waals surface area contributed by atoms with E-state index in [1.165, 1.54) is 17.7 Å². The van der Waals surface area contributed by atoms with E-state index in [4.69, 9.17) is 0 Å². The average molecular weight is 246 g/mol. The maximum absolute atomic E-state index is 12.0. The number of carbonyl (C=O) groups excluding carboxylic acids is 1. The van der Waals surface area contributed by atoms with Crippen molar-refractivity contribution < 1.29 is 4.79 Å². The number of urea groups is 1. The molecule has 86 valence electrons. The monoisotopic (exact) mass is 246 g/mol. The Bertz CT molecular complexity index is 515. The second-order valence-corrected chi connectivity index (χ2v) is 4.71. The van der Waals surface area contributed by atoms with Crippen molar-refractivity contribution >= 4 is 22.4 Å². The van der Waals surface area contributed by atoms with Crippen LogP contribution in [0.4, 0.5) is 9.80 Å². The Labute approximate surface area is 102 Å². The fraction of sp³-hybridized carbons (Fsp3) is 0.182. The van der Waals surface area contributed by atoms with Crippen molar-refractivity contribution in [1.29, 1.82) is 0 Å². The highest BCUT2D eigenvalue weighted by Crippen LogP contribution is 2.21. The van der Waals surface area contributed by atoms with Gasteiger partial charge >= 0.3 is 6.03 Å². The number of hydrogen-bond acceptors (Lipinski definition) is 4. The minimum absolute atomic E-state index is 0.0922. The fourth-order valence-corrected chi connectivity index (χ4v) is 2.39. The number of carbonyl (C=O) groups is 1. The molecule has 0 saturated heterocycles. The van der Waals surface area contributed by atoms with Gasteiger partial charge in [-0.3, -0.25) is 5.32 Å². The number of nitrogens with zero attached hydrogens (tertiary/aromatic N) is 3. The first-order chi connectivity index (χ1) is 8.33. The molecule has 0 bridgehead atoms. The Hall–Kier alpha value is -1.95. The van der Waals surface area contributed by atoms with Gasteiger partial charge in [0.2, 0.25) is 0 Å². The quantitative estimate of drug-likeness (QED) is 0.838. The Balaban J connectivity index is 1.70. The molecular weight excluding hydrogens is 236 g/mol. The Morgan fingerprint density at radius 1 is 1.47 bits per heavy atom. The van der Waals surface area contributed by atoms with Crippen LogP contribution < -0.4 is 5.32 Å². The molecule has 0 aromatic carbocycles. The molecule has 0 aliphatic carbocycles. The molecule has 2 aromatic heterocycles. The molecule has 3 rings (SSSR count). The van der Waals surface area contributed by atoms with Crippen LogP contribution in [0, 0.1) is 0 Å². The van der Waals surface area contributed by atoms with Crippen molar-refractivity contribution in [2.45, 2.75) is 13.1 Å². The van der Waals surface area contributed by atoms with E-state index >= 15 is 0 Å². The highest BCUT2D eigenvalue weighted by Gasteiger charge is 2.24. The van der Waals surface area contributed by atoms with Crippen LogP contribution in [-0.2, 0) is 13.1 Å². The van der Waals surface area contributed by atoms with Crippen molar-refractivity contribution in [2.75, 3.05) is 5.32 Å². The SMILES string of the molecule is O=C(Nc1cccs1)N1Cc2cncnc2C1. The lowest BCUT2D eigenvalue weighted by atomic mass is 10.3. The van der Waals surface area contributed by atoms with Gasteiger partial charge in [0.15, 0.2) is 0 Å². The first-order valence-corrected chi connectivity index (χ1v) is 6.08. The number of thiophene rings is 1. The van der Waals surface area contributed by atoms with E-state index in [0.29, 0.717) is 13.1 Å². The predicted molar refractivity (Wildman–Crippen MR) is 64.6 cm³/mol. The van der Waals surface area contributed by atoms with Crippen LogP contribution in [0.1, 0.15) is 11.3 Å². The van der Waals surface area contributed by atoms with Crippen LogP contribution in [0.3, 0.4) is 0 Å². The molecule has 0 fully saturated rings. The maximum Gasteiger partial charge on any atom is 0.323 e. The van der Waals surface area contributed by atoms with Crippen molar-refractivity contribution in [3.8, 4) is 0 Å². The number of amides is 2. The fourth-order valence-electron chi connectivity index (χ4n) is 1.78. The summed E-state index contributed by atoms with van der Waals surface area (Å²) in [6.07, 6.45) is 3.28. The van der Waals surface area contributed by atoms with Gasteiger partial charge in [-0.15, -0.1) is 11.3 Å². The first-order valence-electron chi connectivity index (χ1n) is 5.20. The molecule has 0 unspecified atom stereocenters. The van der Waals surface area contributed by atoms with E-state index in [0.717, 1.165) is 16.3 Å². The van der Waals surface area contributed by atoms with Gasteiger partial charge in [-0.1, -0.05) is 0 Å². The minimum Gasteiger partial charge on any atom is -0.314 e. The molecule has 0 saturated carbocycles. The summed E-state index contributed by atoms with van der Waals surface area (Å²) in [5.41, 5.74) is 1.95. The van der Waals surface area contributed by atoms with E-state index in [1.54, 1.807) is 11.1 Å². The third-order valence-corrected chi connectivity index (χ3v) is 3.41. The van der Waals surface area contributed by atoms with Crippen molar-refractivity contribution in [3.05, 3.63) is 41.3 Å². The van der Waals surface area contributed by atoms with Crippen LogP contribution in [0.5, 0.6) is 0 Å². The van der Waals surface area contributed by atoms with Gasteiger partial charge in [0, 0.05) is 11.8 Å². The summed E-state index contributed by atoms with van der Waals surface area (Å²) < 4.78 is 0. The topological polar surface area (TPSA) is 58.1 Å². The van der Waals surface area contributed by atoms with Crippen LogP contribution in [0.25, 0.3) is 0 Å². The smallest absolute Gasteiger partial charge is 0.314 e. The van der Waals surface area contributed by atoms with E-state index < -0.39 is 0 Å². The molecule has 2 amide bonds. The summed E-state index contributed by atoms with van der Waals surface area (Å²) in [4.78, 5) is 21.8. The summed E-state index contributed by atoms with van der Waals surface area (Å²) in [5.74, 6) is 0. The van der Waals surface area contributed by atoms with E-state index in [2.05, 4.69) is 15.3 Å². The second-order valence-electron chi connectivity index (χ2n) is 3.76. The lowest BCUT2D eigenvalue weighted by Gasteiger charge is -2.14. The van der Waals surface area contributed by atoms with Gasteiger partial charge in [0.25, 0.3) is 0 Å². The normalized spacial score (nSPS) is 13.5. The summed E-state index contributed by atoms with van der Waals surface area (Å²) >= 11 is 1.51. The lowest BCUT2D eigenvalue weighted by Crippen LogP contribution is -2.29. The Morgan fingerprint density at radius 3 is 3.18 bits per heavy atom. The van der Waals surface area contributed by atoms with E-state index in [1.807, 2.05) is 17.5 Å². The molecule has 0 spiro atoms. The maximum atomic E-state index is 12.0. The average Bonchev–Trinajstić information content (AvgIpc) is 2.96. The molecule has 5 nitrogen and oxygen atoms in total. The highest BCUT2D eigenvalue weighted by atomic mass is 32.1. The van der Waals surface area contributed by atoms with Crippen LogP contribution >= 0.6 is 11.3 Å². The number of nitrogens with one attached hydrogen (secondary N) is 1. The summed E-state index contributed by atoms with van der Waals surface area (Å²) in [7, 11) is 0. The largest absolute Gasteiger partial charge is 0.323 e. The number of rotatable bonds is 1. The van der Waals surface area contributed by atoms with Crippen molar-refractivity contribution in [3.63, 3.8) is 0 Å². The number of hydrogen-bond donors (Lipinski definition) is 1. The minimum atomic E-state index is -0.0922. The Morgan fingerprint density at radius 2 is 2.41 bits per heavy atom. The highest BCUT2D eigenvalue weighted by molar-refractivity contribution is 7.14. The molecule has 17 heavy (non-hydrogen) atoms. The third-order valence-electron chi connectivity index (χ3n) is 2.62.